The van der Waals surface area contributed by atoms with Crippen molar-refractivity contribution in [3.05, 3.63) is 101 Å². The van der Waals surface area contributed by atoms with Crippen molar-refractivity contribution in [1.82, 2.24) is 4.90 Å². The topological polar surface area (TPSA) is 66.8 Å². The third kappa shape index (κ3) is 6.31. The monoisotopic (exact) mass is 493 g/mol. The highest BCUT2D eigenvalue weighted by atomic mass is 32.2. The maximum Gasteiger partial charge on any atom is 0.261 e. The van der Waals surface area contributed by atoms with Crippen LogP contribution in [0.1, 0.15) is 47.6 Å². The van der Waals surface area contributed by atoms with Crippen molar-refractivity contribution < 1.29 is 17.7 Å². The van der Waals surface area contributed by atoms with E-state index in [-0.39, 0.29) is 0 Å². The smallest absolute Gasteiger partial charge is 0.261 e. The van der Waals surface area contributed by atoms with Gasteiger partial charge in [-0.15, -0.1) is 0 Å². The third-order valence-electron chi connectivity index (χ3n) is 7.41. The van der Waals surface area contributed by atoms with Gasteiger partial charge in [-0.1, -0.05) is 66.7 Å². The molecule has 1 aliphatic heterocycles. The Hall–Kier alpha value is -2.67. The van der Waals surface area contributed by atoms with E-state index in [1.165, 1.54) is 23.1 Å². The van der Waals surface area contributed by atoms with Crippen molar-refractivity contribution in [1.29, 1.82) is 0 Å². The molecule has 0 spiro atoms. The third-order valence-corrected chi connectivity index (χ3v) is 7.41. The van der Waals surface area contributed by atoms with Crippen LogP contribution >= 0.6 is 0 Å². The lowest BCUT2D eigenvalue weighted by Gasteiger charge is -2.34. The van der Waals surface area contributed by atoms with E-state index >= 15 is 0 Å². The summed E-state index contributed by atoms with van der Waals surface area (Å²) >= 11 is 0. The van der Waals surface area contributed by atoms with Crippen LogP contribution in [0.3, 0.4) is 0 Å². The molecular formula is C29H35NO4S. The Kier molecular flexibility index (Phi) is 7.95. The highest BCUT2D eigenvalue weighted by Crippen LogP contribution is 2.48. The SMILES string of the molecule is COc1ccc2c(c1)CCC1C2CN(C(C)c2ccccc2)C1Cc1ccccc1.CS(=O)(=O)O. The van der Waals surface area contributed by atoms with E-state index in [0.29, 0.717) is 30.2 Å². The fourth-order valence-electron chi connectivity index (χ4n) is 5.84. The van der Waals surface area contributed by atoms with Gasteiger partial charge < -0.3 is 4.74 Å². The van der Waals surface area contributed by atoms with E-state index in [0.717, 1.165) is 25.1 Å². The van der Waals surface area contributed by atoms with Gasteiger partial charge in [-0.25, -0.2) is 0 Å². The second kappa shape index (κ2) is 10.9. The maximum absolute atomic E-state index is 9.19. The molecule has 4 unspecified atom stereocenters. The van der Waals surface area contributed by atoms with E-state index < -0.39 is 10.1 Å². The number of methoxy groups -OCH3 is 1. The molecule has 6 heteroatoms. The predicted molar refractivity (Wildman–Crippen MR) is 141 cm³/mol. The standard InChI is InChI=1S/C28H31NO.CH4O3S/c1-20(22-11-7-4-8-12-22)29-19-27-25-16-14-24(30-2)18-23(25)13-15-26(27)28(29)17-21-9-5-3-6-10-21;1-5(2,3)4/h3-12,14,16,18,20,26-28H,13,15,17,19H2,1-2H3;1H3,(H,2,3,4). The highest BCUT2D eigenvalue weighted by Gasteiger charge is 2.46. The molecule has 35 heavy (non-hydrogen) atoms. The predicted octanol–water partition coefficient (Wildman–Crippen LogP) is 5.53. The van der Waals surface area contributed by atoms with E-state index in [2.05, 4.69) is 90.7 Å². The van der Waals surface area contributed by atoms with Gasteiger partial charge in [0.2, 0.25) is 0 Å². The van der Waals surface area contributed by atoms with Gasteiger partial charge in [-0.3, -0.25) is 9.45 Å². The Morgan fingerprint density at radius 1 is 1.03 bits per heavy atom. The van der Waals surface area contributed by atoms with Crippen LogP contribution in [0, 0.1) is 5.92 Å². The summed E-state index contributed by atoms with van der Waals surface area (Å²) in [5.74, 6) is 2.30. The van der Waals surface area contributed by atoms with Crippen molar-refractivity contribution in [3.63, 3.8) is 0 Å². The van der Waals surface area contributed by atoms with Crippen molar-refractivity contribution in [2.75, 3.05) is 19.9 Å². The summed E-state index contributed by atoms with van der Waals surface area (Å²) in [6.45, 7) is 3.52. The van der Waals surface area contributed by atoms with Gasteiger partial charge in [0.25, 0.3) is 10.1 Å². The first-order valence-corrected chi connectivity index (χ1v) is 14.0. The number of hydrogen-bond acceptors (Lipinski definition) is 4. The largest absolute Gasteiger partial charge is 0.497 e. The second-order valence-electron chi connectivity index (χ2n) is 9.65. The molecule has 1 heterocycles. The van der Waals surface area contributed by atoms with Crippen LogP contribution in [0.5, 0.6) is 5.75 Å². The first-order valence-electron chi connectivity index (χ1n) is 12.2. The zero-order chi connectivity index (χ0) is 25.0. The van der Waals surface area contributed by atoms with Gasteiger partial charge in [0.15, 0.2) is 0 Å². The van der Waals surface area contributed by atoms with Crippen molar-refractivity contribution >= 4 is 10.1 Å². The molecule has 1 aliphatic carbocycles. The van der Waals surface area contributed by atoms with Gasteiger partial charge in [0.1, 0.15) is 5.75 Å². The molecule has 0 saturated carbocycles. The summed E-state index contributed by atoms with van der Waals surface area (Å²) < 4.78 is 31.4. The van der Waals surface area contributed by atoms with Crippen LogP contribution in [-0.4, -0.2) is 43.8 Å². The van der Waals surface area contributed by atoms with E-state index in [1.54, 1.807) is 12.7 Å². The molecule has 3 aromatic rings. The molecule has 0 amide bonds. The minimum absolute atomic E-state index is 0.423. The van der Waals surface area contributed by atoms with E-state index in [4.69, 9.17) is 9.29 Å². The van der Waals surface area contributed by atoms with Crippen molar-refractivity contribution in [2.24, 2.45) is 5.92 Å². The molecule has 186 valence electrons. The minimum atomic E-state index is -3.67. The second-order valence-corrected chi connectivity index (χ2v) is 11.1. The average Bonchev–Trinajstić information content (AvgIpc) is 3.22. The number of fused-ring (bicyclic) bond motifs is 3. The molecule has 3 aromatic carbocycles. The fraction of sp³-hybridized carbons (Fsp3) is 0.379. The van der Waals surface area contributed by atoms with E-state index in [9.17, 15) is 8.42 Å². The van der Waals surface area contributed by atoms with Gasteiger partial charge in [0.05, 0.1) is 13.4 Å². The van der Waals surface area contributed by atoms with Crippen molar-refractivity contribution in [2.45, 2.75) is 44.2 Å². The Balaban J connectivity index is 0.000000527. The van der Waals surface area contributed by atoms with Gasteiger partial charge >= 0.3 is 0 Å². The van der Waals surface area contributed by atoms with Gasteiger partial charge in [0, 0.05) is 24.5 Å². The van der Waals surface area contributed by atoms with Crippen molar-refractivity contribution in [3.8, 4) is 5.75 Å². The summed E-state index contributed by atoms with van der Waals surface area (Å²) in [5, 5.41) is 0. The number of ether oxygens (including phenoxy) is 1. The first kappa shape index (κ1) is 25.4. The molecule has 5 rings (SSSR count). The summed E-state index contributed by atoms with van der Waals surface area (Å²) in [5.41, 5.74) is 5.91. The van der Waals surface area contributed by atoms with Crippen LogP contribution in [0.15, 0.2) is 78.9 Å². The highest BCUT2D eigenvalue weighted by molar-refractivity contribution is 7.85. The summed E-state index contributed by atoms with van der Waals surface area (Å²) in [6.07, 6.45) is 4.27. The molecule has 5 nitrogen and oxygen atoms in total. The summed E-state index contributed by atoms with van der Waals surface area (Å²) in [7, 11) is -1.90. The maximum atomic E-state index is 9.19. The fourth-order valence-corrected chi connectivity index (χ4v) is 5.84. The molecule has 0 bridgehead atoms. The number of aryl methyl sites for hydroxylation is 1. The first-order chi connectivity index (χ1) is 16.7. The Labute approximate surface area is 209 Å². The number of likely N-dealkylation sites (tertiary alicyclic amines) is 1. The quantitative estimate of drug-likeness (QED) is 0.473. The zero-order valence-corrected chi connectivity index (χ0v) is 21.5. The molecule has 0 aromatic heterocycles. The van der Waals surface area contributed by atoms with Crippen LogP contribution in [0.4, 0.5) is 0 Å². The Morgan fingerprint density at radius 2 is 1.66 bits per heavy atom. The molecule has 1 N–H and O–H groups in total. The number of nitrogens with zero attached hydrogens (tertiary/aromatic N) is 1. The normalized spacial score (nSPS) is 22.3. The van der Waals surface area contributed by atoms with Crippen LogP contribution in [-0.2, 0) is 23.0 Å². The minimum Gasteiger partial charge on any atom is -0.497 e. The number of rotatable bonds is 5. The number of benzene rings is 3. The van der Waals surface area contributed by atoms with Gasteiger partial charge in [-0.2, -0.15) is 8.42 Å². The van der Waals surface area contributed by atoms with E-state index in [1.807, 2.05) is 0 Å². The lowest BCUT2D eigenvalue weighted by atomic mass is 9.73. The zero-order valence-electron chi connectivity index (χ0n) is 20.7. The molecule has 1 saturated heterocycles. The molecule has 4 atom stereocenters. The van der Waals surface area contributed by atoms with Crippen LogP contribution in [0.2, 0.25) is 0 Å². The molecular weight excluding hydrogens is 458 g/mol. The summed E-state index contributed by atoms with van der Waals surface area (Å²) in [6, 6.07) is 29.8. The molecule has 2 aliphatic rings. The van der Waals surface area contributed by atoms with Gasteiger partial charge in [-0.05, 0) is 66.5 Å². The van der Waals surface area contributed by atoms with Crippen LogP contribution in [0.25, 0.3) is 0 Å². The average molecular weight is 494 g/mol. The Morgan fingerprint density at radius 3 is 2.29 bits per heavy atom. The lowest BCUT2D eigenvalue weighted by molar-refractivity contribution is 0.167. The van der Waals surface area contributed by atoms with Crippen LogP contribution < -0.4 is 4.74 Å². The lowest BCUT2D eigenvalue weighted by Crippen LogP contribution is -2.37. The Bertz CT molecular complexity index is 1210. The summed E-state index contributed by atoms with van der Waals surface area (Å²) in [4.78, 5) is 2.79. The molecule has 0 radical (unpaired) electrons. The number of hydrogen-bond donors (Lipinski definition) is 1. The molecule has 1 fully saturated rings.